The number of anilines is 1. The molecule has 0 amide bonds. The molecule has 5 nitrogen and oxygen atoms in total. The van der Waals surface area contributed by atoms with Crippen LogP contribution in [0.15, 0.2) is 30.3 Å². The zero-order valence-electron chi connectivity index (χ0n) is 16.6. The van der Waals surface area contributed by atoms with E-state index in [9.17, 15) is 0 Å². The summed E-state index contributed by atoms with van der Waals surface area (Å²) in [6.07, 6.45) is 3.67. The van der Waals surface area contributed by atoms with Crippen LogP contribution in [0.5, 0.6) is 5.88 Å². The van der Waals surface area contributed by atoms with E-state index in [2.05, 4.69) is 23.8 Å². The maximum Gasteiger partial charge on any atom is 0.231 e. The number of methoxy groups -OCH3 is 1. The Morgan fingerprint density at radius 1 is 1.04 bits per heavy atom. The number of halogens is 2. The third-order valence-corrected chi connectivity index (χ3v) is 5.23. The Morgan fingerprint density at radius 2 is 1.79 bits per heavy atom. The Hall–Kier alpha value is -1.98. The van der Waals surface area contributed by atoms with Crippen LogP contribution in [0.1, 0.15) is 37.9 Å². The Kier molecular flexibility index (Phi) is 7.03. The highest BCUT2D eigenvalue weighted by atomic mass is 35.5. The van der Waals surface area contributed by atoms with Crippen LogP contribution in [-0.4, -0.2) is 34.8 Å². The highest BCUT2D eigenvalue weighted by molar-refractivity contribution is 6.35. The number of aryl methyl sites for hydroxylation is 2. The van der Waals surface area contributed by atoms with Crippen molar-refractivity contribution in [3.05, 3.63) is 51.6 Å². The standard InChI is InChI=1S/C21H26Cl2N4O/c1-4-12-26(13-5-2)21-18(9-7-15-6-8-16(22)14-17(15)23)24-19-10-11-20(28-3)25-27(19)21/h6,8,10-11,14H,4-5,7,9,12-13H2,1-3H3. The topological polar surface area (TPSA) is 42.7 Å². The Balaban J connectivity index is 2.00. The molecule has 2 aromatic heterocycles. The van der Waals surface area contributed by atoms with Gasteiger partial charge in [0.1, 0.15) is 0 Å². The average Bonchev–Trinajstić information content (AvgIpc) is 3.04. The summed E-state index contributed by atoms with van der Waals surface area (Å²) in [6.45, 7) is 6.28. The minimum absolute atomic E-state index is 0.575. The lowest BCUT2D eigenvalue weighted by Crippen LogP contribution is -2.27. The summed E-state index contributed by atoms with van der Waals surface area (Å²) in [6, 6.07) is 9.44. The van der Waals surface area contributed by atoms with E-state index in [1.807, 2.05) is 28.8 Å². The smallest absolute Gasteiger partial charge is 0.231 e. The van der Waals surface area contributed by atoms with Crippen LogP contribution < -0.4 is 9.64 Å². The highest BCUT2D eigenvalue weighted by Gasteiger charge is 2.20. The van der Waals surface area contributed by atoms with Crippen LogP contribution >= 0.6 is 23.2 Å². The predicted octanol–water partition coefficient (Wildman–Crippen LogP) is 5.46. The molecule has 0 radical (unpaired) electrons. The molecule has 0 atom stereocenters. The van der Waals surface area contributed by atoms with Gasteiger partial charge in [0.25, 0.3) is 0 Å². The van der Waals surface area contributed by atoms with E-state index in [-0.39, 0.29) is 0 Å². The fraction of sp³-hybridized carbons (Fsp3) is 0.429. The van der Waals surface area contributed by atoms with Crippen LogP contribution in [0.3, 0.4) is 0 Å². The molecule has 0 spiro atoms. The van der Waals surface area contributed by atoms with Crippen LogP contribution in [0.25, 0.3) is 5.65 Å². The molecule has 0 unspecified atom stereocenters. The first kappa shape index (κ1) is 20.7. The SMILES string of the molecule is CCCN(CCC)c1c(CCc2ccc(Cl)cc2Cl)nc2ccc(OC)nn12. The first-order chi connectivity index (χ1) is 13.6. The summed E-state index contributed by atoms with van der Waals surface area (Å²) in [5, 5.41) is 5.97. The van der Waals surface area contributed by atoms with E-state index in [1.54, 1.807) is 13.2 Å². The van der Waals surface area contributed by atoms with Crippen molar-refractivity contribution < 1.29 is 4.74 Å². The number of hydrogen-bond acceptors (Lipinski definition) is 4. The lowest BCUT2D eigenvalue weighted by atomic mass is 10.1. The second kappa shape index (κ2) is 9.48. The number of rotatable bonds is 9. The molecular weight excluding hydrogens is 395 g/mol. The summed E-state index contributed by atoms with van der Waals surface area (Å²) < 4.78 is 7.24. The van der Waals surface area contributed by atoms with Crippen molar-refractivity contribution in [3.63, 3.8) is 0 Å². The molecule has 0 aliphatic carbocycles. The number of ether oxygens (including phenoxy) is 1. The fourth-order valence-electron chi connectivity index (χ4n) is 3.38. The summed E-state index contributed by atoms with van der Waals surface area (Å²) in [5.74, 6) is 1.62. The van der Waals surface area contributed by atoms with Gasteiger partial charge in [-0.25, -0.2) is 4.98 Å². The summed E-state index contributed by atoms with van der Waals surface area (Å²) in [7, 11) is 1.63. The van der Waals surface area contributed by atoms with Crippen molar-refractivity contribution in [2.75, 3.05) is 25.1 Å². The van der Waals surface area contributed by atoms with Gasteiger partial charge < -0.3 is 9.64 Å². The van der Waals surface area contributed by atoms with Gasteiger partial charge in [-0.05, 0) is 49.4 Å². The molecule has 1 aromatic carbocycles. The number of imidazole rings is 1. The molecule has 28 heavy (non-hydrogen) atoms. The van der Waals surface area contributed by atoms with Gasteiger partial charge in [0.2, 0.25) is 5.88 Å². The summed E-state index contributed by atoms with van der Waals surface area (Å²) in [5.41, 5.74) is 2.91. The third kappa shape index (κ3) is 4.53. The number of nitrogens with zero attached hydrogens (tertiary/aromatic N) is 4. The van der Waals surface area contributed by atoms with Crippen molar-refractivity contribution >= 4 is 34.7 Å². The van der Waals surface area contributed by atoms with Gasteiger partial charge in [-0.3, -0.25) is 0 Å². The first-order valence-corrected chi connectivity index (χ1v) is 10.4. The van der Waals surface area contributed by atoms with Crippen LogP contribution in [-0.2, 0) is 12.8 Å². The molecule has 0 bridgehead atoms. The average molecular weight is 421 g/mol. The van der Waals surface area contributed by atoms with Gasteiger partial charge in [-0.1, -0.05) is 43.1 Å². The second-order valence-corrected chi connectivity index (χ2v) is 7.59. The zero-order chi connectivity index (χ0) is 20.1. The quantitative estimate of drug-likeness (QED) is 0.460. The van der Waals surface area contributed by atoms with Crippen molar-refractivity contribution in [3.8, 4) is 5.88 Å². The number of aromatic nitrogens is 3. The molecule has 0 aliphatic heterocycles. The number of hydrogen-bond donors (Lipinski definition) is 0. The minimum atomic E-state index is 0.575. The molecule has 0 saturated heterocycles. The molecule has 2 heterocycles. The van der Waals surface area contributed by atoms with Gasteiger partial charge in [0.05, 0.1) is 12.8 Å². The Bertz CT molecular complexity index is 936. The van der Waals surface area contributed by atoms with Crippen molar-refractivity contribution in [2.24, 2.45) is 0 Å². The maximum atomic E-state index is 6.37. The van der Waals surface area contributed by atoms with Crippen molar-refractivity contribution in [1.29, 1.82) is 0 Å². The normalized spacial score (nSPS) is 11.2. The van der Waals surface area contributed by atoms with Crippen molar-refractivity contribution in [2.45, 2.75) is 39.5 Å². The summed E-state index contributed by atoms with van der Waals surface area (Å²) in [4.78, 5) is 7.24. The van der Waals surface area contributed by atoms with E-state index >= 15 is 0 Å². The predicted molar refractivity (Wildman–Crippen MR) is 116 cm³/mol. The van der Waals surface area contributed by atoms with E-state index in [0.29, 0.717) is 15.9 Å². The van der Waals surface area contributed by atoms with Gasteiger partial charge in [-0.2, -0.15) is 4.52 Å². The number of fused-ring (bicyclic) bond motifs is 1. The highest BCUT2D eigenvalue weighted by Crippen LogP contribution is 2.27. The van der Waals surface area contributed by atoms with Gasteiger partial charge in [0, 0.05) is 29.2 Å². The molecule has 150 valence electrons. The second-order valence-electron chi connectivity index (χ2n) is 6.75. The molecule has 0 N–H and O–H groups in total. The monoisotopic (exact) mass is 420 g/mol. The third-order valence-electron chi connectivity index (χ3n) is 4.64. The molecular formula is C21H26Cl2N4O. The van der Waals surface area contributed by atoms with Crippen LogP contribution in [0.2, 0.25) is 10.0 Å². The van der Waals surface area contributed by atoms with Crippen LogP contribution in [0, 0.1) is 0 Å². The molecule has 3 rings (SSSR count). The molecule has 7 heteroatoms. The van der Waals surface area contributed by atoms with E-state index < -0.39 is 0 Å². The lowest BCUT2D eigenvalue weighted by molar-refractivity contribution is 0.390. The maximum absolute atomic E-state index is 6.37. The number of benzene rings is 1. The fourth-order valence-corrected chi connectivity index (χ4v) is 3.89. The van der Waals surface area contributed by atoms with Crippen LogP contribution in [0.4, 0.5) is 5.82 Å². The minimum Gasteiger partial charge on any atom is -0.480 e. The van der Waals surface area contributed by atoms with Crippen molar-refractivity contribution in [1.82, 2.24) is 14.6 Å². The largest absolute Gasteiger partial charge is 0.480 e. The van der Waals surface area contributed by atoms with E-state index in [1.165, 1.54) is 0 Å². The Labute approximate surface area is 176 Å². The molecule has 0 saturated carbocycles. The van der Waals surface area contributed by atoms with Gasteiger partial charge >= 0.3 is 0 Å². The summed E-state index contributed by atoms with van der Waals surface area (Å²) >= 11 is 12.4. The molecule has 3 aromatic rings. The van der Waals surface area contributed by atoms with Gasteiger partial charge in [0.15, 0.2) is 11.5 Å². The van der Waals surface area contributed by atoms with Gasteiger partial charge in [-0.15, -0.1) is 5.10 Å². The zero-order valence-corrected chi connectivity index (χ0v) is 18.1. The lowest BCUT2D eigenvalue weighted by Gasteiger charge is -2.24. The Morgan fingerprint density at radius 3 is 2.43 bits per heavy atom. The van der Waals surface area contributed by atoms with E-state index in [0.717, 1.165) is 61.5 Å². The molecule has 0 fully saturated rings. The molecule has 0 aliphatic rings. The van der Waals surface area contributed by atoms with E-state index in [4.69, 9.17) is 32.9 Å². The first-order valence-electron chi connectivity index (χ1n) is 9.68.